The van der Waals surface area contributed by atoms with Crippen molar-refractivity contribution >= 4 is 67.2 Å². The van der Waals surface area contributed by atoms with E-state index in [9.17, 15) is 9.59 Å². The number of anilines is 1. The van der Waals surface area contributed by atoms with Gasteiger partial charge in [0.15, 0.2) is 10.8 Å². The first-order chi connectivity index (χ1) is 16.4. The Morgan fingerprint density at radius 1 is 1.29 bits per heavy atom. The SMILES string of the molecule is CCOC(=O)c1c(NC(=O)CSc2nnc3c4c5c(sc4ncn23)CC(C)CC5)sc(C)c1C. The van der Waals surface area contributed by atoms with E-state index in [0.29, 0.717) is 21.6 Å². The average molecular weight is 516 g/mol. The lowest BCUT2D eigenvalue weighted by Gasteiger charge is -2.17. The van der Waals surface area contributed by atoms with Crippen LogP contribution in [0.3, 0.4) is 0 Å². The van der Waals surface area contributed by atoms with Crippen LogP contribution in [0.1, 0.15) is 51.5 Å². The predicted molar refractivity (Wildman–Crippen MR) is 136 cm³/mol. The highest BCUT2D eigenvalue weighted by Gasteiger charge is 2.25. The maximum absolute atomic E-state index is 12.7. The molecule has 0 aromatic carbocycles. The summed E-state index contributed by atoms with van der Waals surface area (Å²) in [7, 11) is 0. The number of thiophene rings is 2. The molecule has 8 nitrogen and oxygen atoms in total. The second kappa shape index (κ2) is 9.27. The minimum atomic E-state index is -0.417. The standard InChI is InChI=1S/C23H25N5O3S3/c1-5-31-22(30)17-12(3)13(4)33-21(17)25-16(29)9-32-23-27-26-19-18-14-7-6-11(2)8-15(14)34-20(18)24-10-28(19)23/h10-11H,5-9H2,1-4H3,(H,25,29). The number of aromatic nitrogens is 4. The van der Waals surface area contributed by atoms with Gasteiger partial charge in [0.1, 0.15) is 16.2 Å². The van der Waals surface area contributed by atoms with Gasteiger partial charge >= 0.3 is 5.97 Å². The highest BCUT2D eigenvalue weighted by atomic mass is 32.2. The highest BCUT2D eigenvalue weighted by molar-refractivity contribution is 7.99. The number of amides is 1. The van der Waals surface area contributed by atoms with Gasteiger partial charge in [-0.2, -0.15) is 0 Å². The molecule has 0 saturated heterocycles. The van der Waals surface area contributed by atoms with E-state index in [1.54, 1.807) is 24.6 Å². The number of carbonyl (C=O) groups is 2. The van der Waals surface area contributed by atoms with Gasteiger partial charge in [0.2, 0.25) is 5.91 Å². The van der Waals surface area contributed by atoms with Crippen LogP contribution in [0, 0.1) is 19.8 Å². The summed E-state index contributed by atoms with van der Waals surface area (Å²) in [6.45, 7) is 8.13. The first-order valence-electron chi connectivity index (χ1n) is 11.2. The molecule has 1 aliphatic rings. The van der Waals surface area contributed by atoms with Gasteiger partial charge in [0.25, 0.3) is 0 Å². The van der Waals surface area contributed by atoms with E-state index in [-0.39, 0.29) is 18.3 Å². The summed E-state index contributed by atoms with van der Waals surface area (Å²) >= 11 is 4.44. The Balaban J connectivity index is 1.35. The van der Waals surface area contributed by atoms with E-state index in [0.717, 1.165) is 39.1 Å². The minimum Gasteiger partial charge on any atom is -0.462 e. The number of hydrogen-bond donors (Lipinski definition) is 1. The van der Waals surface area contributed by atoms with Gasteiger partial charge in [-0.25, -0.2) is 9.78 Å². The molecule has 4 heterocycles. The number of nitrogens with one attached hydrogen (secondary N) is 1. The van der Waals surface area contributed by atoms with E-state index < -0.39 is 5.97 Å². The van der Waals surface area contributed by atoms with Crippen molar-refractivity contribution in [3.05, 3.63) is 32.8 Å². The van der Waals surface area contributed by atoms with Crippen LogP contribution in [0.15, 0.2) is 11.5 Å². The number of aryl methyl sites for hydroxylation is 2. The highest BCUT2D eigenvalue weighted by Crippen LogP contribution is 2.39. The maximum Gasteiger partial charge on any atom is 0.341 e. The quantitative estimate of drug-likeness (QED) is 0.283. The van der Waals surface area contributed by atoms with Crippen LogP contribution in [-0.4, -0.2) is 43.8 Å². The summed E-state index contributed by atoms with van der Waals surface area (Å²) in [5, 5.41) is 13.9. The monoisotopic (exact) mass is 515 g/mol. The smallest absolute Gasteiger partial charge is 0.341 e. The number of thioether (sulfide) groups is 1. The van der Waals surface area contributed by atoms with Gasteiger partial charge in [-0.1, -0.05) is 18.7 Å². The van der Waals surface area contributed by atoms with Crippen molar-refractivity contribution in [2.45, 2.75) is 52.1 Å². The van der Waals surface area contributed by atoms with Crippen molar-refractivity contribution in [3.8, 4) is 0 Å². The van der Waals surface area contributed by atoms with Gasteiger partial charge in [-0.05, 0) is 57.1 Å². The molecule has 4 aromatic heterocycles. The fourth-order valence-electron chi connectivity index (χ4n) is 4.27. The molecule has 178 valence electrons. The Hall–Kier alpha value is -2.50. The molecule has 11 heteroatoms. The van der Waals surface area contributed by atoms with Crippen molar-refractivity contribution in [3.63, 3.8) is 0 Å². The molecule has 0 bridgehead atoms. The van der Waals surface area contributed by atoms with Crippen molar-refractivity contribution in [2.24, 2.45) is 5.92 Å². The minimum absolute atomic E-state index is 0.135. The number of rotatable bonds is 6. The summed E-state index contributed by atoms with van der Waals surface area (Å²) in [4.78, 5) is 33.2. The Kier molecular flexibility index (Phi) is 6.34. The fourth-order valence-corrected chi connectivity index (χ4v) is 7.39. The summed E-state index contributed by atoms with van der Waals surface area (Å²) in [6, 6.07) is 0. The molecule has 1 unspecified atom stereocenters. The second-order valence-electron chi connectivity index (χ2n) is 8.50. The van der Waals surface area contributed by atoms with E-state index in [2.05, 4.69) is 27.4 Å². The van der Waals surface area contributed by atoms with E-state index >= 15 is 0 Å². The zero-order valence-corrected chi connectivity index (χ0v) is 21.9. The molecule has 0 spiro atoms. The van der Waals surface area contributed by atoms with Gasteiger partial charge in [0.05, 0.1) is 23.3 Å². The van der Waals surface area contributed by atoms with Crippen LogP contribution in [0.2, 0.25) is 0 Å². The van der Waals surface area contributed by atoms with E-state index in [1.165, 1.54) is 40.0 Å². The zero-order chi connectivity index (χ0) is 24.0. The fraction of sp³-hybridized carbons (Fsp3) is 0.435. The Morgan fingerprint density at radius 2 is 2.12 bits per heavy atom. The predicted octanol–water partition coefficient (Wildman–Crippen LogP) is 5.05. The molecule has 1 atom stereocenters. The van der Waals surface area contributed by atoms with Gasteiger partial charge in [0, 0.05) is 9.75 Å². The molecule has 4 aromatic rings. The summed E-state index contributed by atoms with van der Waals surface area (Å²) < 4.78 is 7.04. The third-order valence-corrected chi connectivity index (χ3v) is 9.35. The topological polar surface area (TPSA) is 98.5 Å². The van der Waals surface area contributed by atoms with Crippen molar-refractivity contribution in [2.75, 3.05) is 17.7 Å². The Labute approximate surface area is 209 Å². The van der Waals surface area contributed by atoms with E-state index in [1.807, 2.05) is 18.2 Å². The second-order valence-corrected chi connectivity index (χ2v) is 11.7. The van der Waals surface area contributed by atoms with Crippen LogP contribution >= 0.6 is 34.4 Å². The zero-order valence-electron chi connectivity index (χ0n) is 19.4. The molecule has 0 aliphatic heterocycles. The average Bonchev–Trinajstić information content (AvgIpc) is 3.45. The number of fused-ring (bicyclic) bond motifs is 5. The molecule has 0 saturated carbocycles. The molecule has 34 heavy (non-hydrogen) atoms. The Morgan fingerprint density at radius 3 is 2.91 bits per heavy atom. The number of hydrogen-bond acceptors (Lipinski definition) is 9. The molecule has 1 aliphatic carbocycles. The van der Waals surface area contributed by atoms with E-state index in [4.69, 9.17) is 4.74 Å². The van der Waals surface area contributed by atoms with Crippen LogP contribution in [0.5, 0.6) is 0 Å². The van der Waals surface area contributed by atoms with Gasteiger partial charge in [-0.15, -0.1) is 32.9 Å². The molecule has 1 amide bonds. The van der Waals surface area contributed by atoms with Gasteiger partial charge < -0.3 is 10.1 Å². The lowest BCUT2D eigenvalue weighted by molar-refractivity contribution is -0.113. The number of ether oxygens (including phenoxy) is 1. The van der Waals surface area contributed by atoms with Crippen LogP contribution < -0.4 is 5.32 Å². The van der Waals surface area contributed by atoms with Crippen LogP contribution in [0.4, 0.5) is 5.00 Å². The largest absolute Gasteiger partial charge is 0.462 e. The number of esters is 1. The number of carbonyl (C=O) groups excluding carboxylic acids is 2. The number of nitrogens with zero attached hydrogens (tertiary/aromatic N) is 4. The first-order valence-corrected chi connectivity index (χ1v) is 13.8. The van der Waals surface area contributed by atoms with Crippen LogP contribution in [-0.2, 0) is 22.4 Å². The van der Waals surface area contributed by atoms with Crippen LogP contribution in [0.25, 0.3) is 15.9 Å². The third-order valence-electron chi connectivity index (χ3n) is 6.12. The Bertz CT molecular complexity index is 1420. The van der Waals surface area contributed by atoms with Gasteiger partial charge in [-0.3, -0.25) is 9.20 Å². The lowest BCUT2D eigenvalue weighted by atomic mass is 9.89. The molecule has 0 radical (unpaired) electrons. The molecular weight excluding hydrogens is 490 g/mol. The molecule has 1 N–H and O–H groups in total. The molecular formula is C23H25N5O3S3. The van der Waals surface area contributed by atoms with Crippen molar-refractivity contribution < 1.29 is 14.3 Å². The third kappa shape index (κ3) is 4.09. The maximum atomic E-state index is 12.7. The summed E-state index contributed by atoms with van der Waals surface area (Å²) in [6.07, 6.45) is 5.05. The summed E-state index contributed by atoms with van der Waals surface area (Å²) in [5.74, 6) is 0.194. The normalized spacial score (nSPS) is 15.6. The van der Waals surface area contributed by atoms with Crippen molar-refractivity contribution in [1.82, 2.24) is 19.6 Å². The molecule has 5 rings (SSSR count). The first kappa shape index (κ1) is 23.3. The lowest BCUT2D eigenvalue weighted by Crippen LogP contribution is -2.16. The molecule has 0 fully saturated rings. The van der Waals surface area contributed by atoms with Crippen molar-refractivity contribution in [1.29, 1.82) is 0 Å². The summed E-state index contributed by atoms with van der Waals surface area (Å²) in [5.41, 5.74) is 3.42.